The minimum Gasteiger partial charge on any atom is -0.496 e. The van der Waals surface area contributed by atoms with E-state index >= 15 is 0 Å². The Morgan fingerprint density at radius 1 is 0.786 bits per heavy atom. The van der Waals surface area contributed by atoms with Gasteiger partial charge in [0.05, 0.1) is 13.2 Å². The molecule has 28 heavy (non-hydrogen) atoms. The maximum absolute atomic E-state index is 5.92. The van der Waals surface area contributed by atoms with Crippen molar-refractivity contribution in [1.29, 1.82) is 0 Å². The molecule has 0 bridgehead atoms. The number of ether oxygens (including phenoxy) is 2. The Balaban J connectivity index is 1.76. The van der Waals surface area contributed by atoms with Gasteiger partial charge in [0.2, 0.25) is 0 Å². The van der Waals surface area contributed by atoms with Gasteiger partial charge in [-0.15, -0.1) is 0 Å². The highest BCUT2D eigenvalue weighted by Gasteiger charge is 2.31. The number of rotatable bonds is 3. The summed E-state index contributed by atoms with van der Waals surface area (Å²) in [5.41, 5.74) is 4.12. The molecule has 2 unspecified atom stereocenters. The fourth-order valence-corrected chi connectivity index (χ4v) is 4.85. The molecule has 0 saturated carbocycles. The van der Waals surface area contributed by atoms with Crippen LogP contribution in [0.25, 0.3) is 21.5 Å². The van der Waals surface area contributed by atoms with Crippen LogP contribution < -0.4 is 4.74 Å². The van der Waals surface area contributed by atoms with Crippen LogP contribution in [0.2, 0.25) is 0 Å². The summed E-state index contributed by atoms with van der Waals surface area (Å²) >= 11 is 0. The fraction of sp³-hybridized carbons (Fsp3) is 0.231. The van der Waals surface area contributed by atoms with E-state index in [9.17, 15) is 0 Å². The van der Waals surface area contributed by atoms with Crippen LogP contribution in [0, 0.1) is 0 Å². The molecule has 1 aliphatic carbocycles. The van der Waals surface area contributed by atoms with E-state index in [-0.39, 0.29) is 6.10 Å². The Labute approximate surface area is 165 Å². The van der Waals surface area contributed by atoms with Crippen LogP contribution >= 0.6 is 0 Å². The molecular formula is C26H24O2. The first-order chi connectivity index (χ1) is 13.8. The number of benzene rings is 4. The summed E-state index contributed by atoms with van der Waals surface area (Å²) < 4.78 is 11.8. The van der Waals surface area contributed by atoms with Gasteiger partial charge in [0.25, 0.3) is 0 Å². The number of methoxy groups -OCH3 is 2. The number of hydrogen-bond donors (Lipinski definition) is 0. The molecule has 140 valence electrons. The highest BCUT2D eigenvalue weighted by atomic mass is 16.5. The molecule has 1 aliphatic rings. The summed E-state index contributed by atoms with van der Waals surface area (Å²) in [6, 6.07) is 26.0. The highest BCUT2D eigenvalue weighted by Crippen LogP contribution is 2.43. The van der Waals surface area contributed by atoms with Gasteiger partial charge in [-0.3, -0.25) is 0 Å². The Kier molecular flexibility index (Phi) is 4.29. The second-order valence-corrected chi connectivity index (χ2v) is 7.63. The second-order valence-electron chi connectivity index (χ2n) is 7.63. The first-order valence-corrected chi connectivity index (χ1v) is 9.88. The molecule has 0 saturated heterocycles. The zero-order valence-corrected chi connectivity index (χ0v) is 16.3. The minimum atomic E-state index is 0.193. The summed E-state index contributed by atoms with van der Waals surface area (Å²) in [5.74, 6) is 1.31. The molecule has 0 amide bonds. The van der Waals surface area contributed by atoms with Gasteiger partial charge in [-0.25, -0.2) is 0 Å². The van der Waals surface area contributed by atoms with Gasteiger partial charge in [0.1, 0.15) is 5.75 Å². The van der Waals surface area contributed by atoms with E-state index in [1.807, 2.05) is 7.11 Å². The molecule has 2 heteroatoms. The van der Waals surface area contributed by atoms with E-state index in [0.29, 0.717) is 5.92 Å². The predicted molar refractivity (Wildman–Crippen MR) is 115 cm³/mol. The third-order valence-corrected chi connectivity index (χ3v) is 6.24. The quantitative estimate of drug-likeness (QED) is 0.419. The molecule has 0 radical (unpaired) electrons. The molecule has 2 atom stereocenters. The monoisotopic (exact) mass is 368 g/mol. The van der Waals surface area contributed by atoms with E-state index in [0.717, 1.165) is 18.6 Å². The van der Waals surface area contributed by atoms with Crippen molar-refractivity contribution in [3.05, 3.63) is 89.5 Å². The van der Waals surface area contributed by atoms with Gasteiger partial charge in [-0.2, -0.15) is 0 Å². The SMILES string of the molecule is COc1cc2ccccc2c2ccc3c(c12)CC(c1ccccc1)C(OC)C3. The Hall–Kier alpha value is -2.84. The van der Waals surface area contributed by atoms with Gasteiger partial charge in [-0.1, -0.05) is 66.7 Å². The Morgan fingerprint density at radius 3 is 2.36 bits per heavy atom. The zero-order valence-electron chi connectivity index (χ0n) is 16.3. The van der Waals surface area contributed by atoms with E-state index in [1.165, 1.54) is 38.2 Å². The molecule has 0 aliphatic heterocycles. The van der Waals surface area contributed by atoms with Crippen molar-refractivity contribution in [3.8, 4) is 5.75 Å². The van der Waals surface area contributed by atoms with Crippen LogP contribution in [0.3, 0.4) is 0 Å². The smallest absolute Gasteiger partial charge is 0.127 e. The molecule has 5 rings (SSSR count). The van der Waals surface area contributed by atoms with E-state index in [1.54, 1.807) is 7.11 Å². The van der Waals surface area contributed by atoms with Crippen molar-refractivity contribution in [2.75, 3.05) is 14.2 Å². The van der Waals surface area contributed by atoms with Gasteiger partial charge in [-0.05, 0) is 51.8 Å². The number of fused-ring (bicyclic) bond motifs is 5. The van der Waals surface area contributed by atoms with Crippen molar-refractivity contribution in [2.45, 2.75) is 24.9 Å². The first-order valence-electron chi connectivity index (χ1n) is 9.88. The zero-order chi connectivity index (χ0) is 19.1. The molecule has 0 aromatic heterocycles. The third-order valence-electron chi connectivity index (χ3n) is 6.24. The highest BCUT2D eigenvalue weighted by molar-refractivity contribution is 6.11. The van der Waals surface area contributed by atoms with Gasteiger partial charge in [0, 0.05) is 18.4 Å². The van der Waals surface area contributed by atoms with Crippen molar-refractivity contribution in [1.82, 2.24) is 0 Å². The van der Waals surface area contributed by atoms with Crippen LogP contribution in [0.15, 0.2) is 72.8 Å². The largest absolute Gasteiger partial charge is 0.496 e. The van der Waals surface area contributed by atoms with Gasteiger partial charge >= 0.3 is 0 Å². The lowest BCUT2D eigenvalue weighted by molar-refractivity contribution is 0.0737. The Morgan fingerprint density at radius 2 is 1.57 bits per heavy atom. The van der Waals surface area contributed by atoms with Crippen molar-refractivity contribution >= 4 is 21.5 Å². The molecular weight excluding hydrogens is 344 g/mol. The third kappa shape index (κ3) is 2.68. The summed E-state index contributed by atoms with van der Waals surface area (Å²) in [4.78, 5) is 0. The van der Waals surface area contributed by atoms with Crippen molar-refractivity contribution in [3.63, 3.8) is 0 Å². The lowest BCUT2D eigenvalue weighted by Gasteiger charge is -2.33. The molecule has 0 heterocycles. The van der Waals surface area contributed by atoms with E-state index in [4.69, 9.17) is 9.47 Å². The summed E-state index contributed by atoms with van der Waals surface area (Å²) in [7, 11) is 3.61. The standard InChI is InChI=1S/C26H24O2/c1-27-24-14-19-12-13-21-20-11-7-6-10-18(20)15-25(28-2)26(21)23(19)16-22(24)17-8-4-3-5-9-17/h3-13,15,22,24H,14,16H2,1-2H3. The fourth-order valence-electron chi connectivity index (χ4n) is 4.85. The van der Waals surface area contributed by atoms with E-state index in [2.05, 4.69) is 72.8 Å². The van der Waals surface area contributed by atoms with E-state index < -0.39 is 0 Å². The lowest BCUT2D eigenvalue weighted by Crippen LogP contribution is -2.30. The molecule has 4 aromatic carbocycles. The lowest BCUT2D eigenvalue weighted by atomic mass is 9.76. The number of hydrogen-bond acceptors (Lipinski definition) is 2. The summed E-state index contributed by atoms with van der Waals surface area (Å²) in [6.45, 7) is 0. The van der Waals surface area contributed by atoms with Crippen LogP contribution in [0.5, 0.6) is 5.75 Å². The topological polar surface area (TPSA) is 18.5 Å². The molecule has 2 nitrogen and oxygen atoms in total. The van der Waals surface area contributed by atoms with Crippen LogP contribution in [-0.2, 0) is 17.6 Å². The molecule has 0 fully saturated rings. The van der Waals surface area contributed by atoms with Crippen LogP contribution in [-0.4, -0.2) is 20.3 Å². The second kappa shape index (κ2) is 6.96. The molecule has 0 N–H and O–H groups in total. The van der Waals surface area contributed by atoms with Gasteiger partial charge in [0.15, 0.2) is 0 Å². The average molecular weight is 368 g/mol. The summed E-state index contributed by atoms with van der Waals surface area (Å²) in [6.07, 6.45) is 2.08. The maximum atomic E-state index is 5.92. The maximum Gasteiger partial charge on any atom is 0.127 e. The molecule has 0 spiro atoms. The van der Waals surface area contributed by atoms with Gasteiger partial charge < -0.3 is 9.47 Å². The predicted octanol–water partition coefficient (Wildman–Crippen LogP) is 5.90. The van der Waals surface area contributed by atoms with Crippen molar-refractivity contribution < 1.29 is 9.47 Å². The Bertz CT molecular complexity index is 1150. The normalized spacial score (nSPS) is 18.9. The minimum absolute atomic E-state index is 0.193. The molecule has 4 aromatic rings. The van der Waals surface area contributed by atoms with Crippen LogP contribution in [0.4, 0.5) is 0 Å². The first kappa shape index (κ1) is 17.3. The van der Waals surface area contributed by atoms with Crippen molar-refractivity contribution in [2.24, 2.45) is 0 Å². The average Bonchev–Trinajstić information content (AvgIpc) is 2.77. The van der Waals surface area contributed by atoms with Crippen LogP contribution in [0.1, 0.15) is 22.6 Å². The summed E-state index contributed by atoms with van der Waals surface area (Å²) in [5, 5.41) is 5.04.